The fourth-order valence-electron chi connectivity index (χ4n) is 2.05. The predicted molar refractivity (Wildman–Crippen MR) is 65.7 cm³/mol. The molecule has 0 unspecified atom stereocenters. The number of nitrogen functional groups attached to an aromatic ring is 1. The average molecular weight is 217 g/mol. The summed E-state index contributed by atoms with van der Waals surface area (Å²) in [4.78, 5) is 5.05. The number of azide groups is 1. The molecule has 0 aliphatic carbocycles. The van der Waals surface area contributed by atoms with Crippen molar-refractivity contribution in [2.45, 2.75) is 19.3 Å². The van der Waals surface area contributed by atoms with E-state index in [-0.39, 0.29) is 0 Å². The quantitative estimate of drug-likeness (QED) is 0.357. The largest absolute Gasteiger partial charge is 0.397 e. The second-order valence-corrected chi connectivity index (χ2v) is 3.98. The van der Waals surface area contributed by atoms with Gasteiger partial charge in [0.1, 0.15) is 0 Å². The van der Waals surface area contributed by atoms with E-state index in [9.17, 15) is 0 Å². The SMILES string of the molecule is [N-]=[N+]=Nc1ccc(N)c(N2CCCCC2)c1. The molecule has 2 rings (SSSR count). The van der Waals surface area contributed by atoms with Gasteiger partial charge in [-0.2, -0.15) is 0 Å². The van der Waals surface area contributed by atoms with Crippen LogP contribution in [-0.4, -0.2) is 13.1 Å². The molecular weight excluding hydrogens is 202 g/mol. The molecule has 1 heterocycles. The van der Waals surface area contributed by atoms with Crippen molar-refractivity contribution in [1.29, 1.82) is 0 Å². The van der Waals surface area contributed by atoms with E-state index in [2.05, 4.69) is 14.9 Å². The number of hydrogen-bond acceptors (Lipinski definition) is 3. The zero-order chi connectivity index (χ0) is 11.4. The smallest absolute Gasteiger partial charge is 0.0604 e. The van der Waals surface area contributed by atoms with Crippen LogP contribution in [0.2, 0.25) is 0 Å². The molecule has 1 fully saturated rings. The van der Waals surface area contributed by atoms with Crippen LogP contribution >= 0.6 is 0 Å². The van der Waals surface area contributed by atoms with Gasteiger partial charge in [0.2, 0.25) is 0 Å². The number of piperidine rings is 1. The molecule has 1 aliphatic heterocycles. The molecule has 5 nitrogen and oxygen atoms in total. The maximum Gasteiger partial charge on any atom is 0.0604 e. The fraction of sp³-hybridized carbons (Fsp3) is 0.455. The molecule has 1 saturated heterocycles. The average Bonchev–Trinajstić information content (AvgIpc) is 2.33. The summed E-state index contributed by atoms with van der Waals surface area (Å²) in [5, 5.41) is 3.60. The van der Waals surface area contributed by atoms with E-state index in [4.69, 9.17) is 11.3 Å². The number of anilines is 2. The van der Waals surface area contributed by atoms with E-state index in [0.29, 0.717) is 5.69 Å². The minimum absolute atomic E-state index is 0.622. The summed E-state index contributed by atoms with van der Waals surface area (Å²) in [6.07, 6.45) is 3.68. The van der Waals surface area contributed by atoms with Crippen LogP contribution in [0.1, 0.15) is 19.3 Å². The first-order valence-corrected chi connectivity index (χ1v) is 5.51. The zero-order valence-corrected chi connectivity index (χ0v) is 9.13. The number of rotatable bonds is 2. The molecule has 0 radical (unpaired) electrons. The summed E-state index contributed by atoms with van der Waals surface area (Å²) in [5.74, 6) is 0. The second-order valence-electron chi connectivity index (χ2n) is 3.98. The molecule has 16 heavy (non-hydrogen) atoms. The van der Waals surface area contributed by atoms with Gasteiger partial charge in [-0.25, -0.2) is 0 Å². The Labute approximate surface area is 94.5 Å². The Balaban J connectivity index is 2.30. The van der Waals surface area contributed by atoms with Gasteiger partial charge in [0.25, 0.3) is 0 Å². The molecule has 0 bridgehead atoms. The topological polar surface area (TPSA) is 78.0 Å². The monoisotopic (exact) mass is 217 g/mol. The van der Waals surface area contributed by atoms with Crippen molar-refractivity contribution >= 4 is 17.1 Å². The summed E-state index contributed by atoms with van der Waals surface area (Å²) < 4.78 is 0. The summed E-state index contributed by atoms with van der Waals surface area (Å²) in [6.45, 7) is 2.06. The normalized spacial score (nSPS) is 15.6. The van der Waals surface area contributed by atoms with Crippen LogP contribution in [0.15, 0.2) is 23.3 Å². The van der Waals surface area contributed by atoms with Crippen molar-refractivity contribution in [1.82, 2.24) is 0 Å². The van der Waals surface area contributed by atoms with E-state index in [1.165, 1.54) is 19.3 Å². The lowest BCUT2D eigenvalue weighted by atomic mass is 10.1. The number of hydrogen-bond donors (Lipinski definition) is 1. The van der Waals surface area contributed by atoms with Crippen LogP contribution in [0.25, 0.3) is 10.4 Å². The molecule has 1 aliphatic rings. The third-order valence-electron chi connectivity index (χ3n) is 2.87. The lowest BCUT2D eigenvalue weighted by Gasteiger charge is -2.30. The van der Waals surface area contributed by atoms with E-state index >= 15 is 0 Å². The Morgan fingerprint density at radius 2 is 2.00 bits per heavy atom. The molecule has 84 valence electrons. The molecule has 0 amide bonds. The van der Waals surface area contributed by atoms with Crippen molar-refractivity contribution in [3.63, 3.8) is 0 Å². The molecular formula is C11H15N5. The standard InChI is InChI=1S/C11H15N5/c12-10-5-4-9(14-15-13)8-11(10)16-6-2-1-3-7-16/h4-5,8H,1-3,6-7,12H2. The van der Waals surface area contributed by atoms with Gasteiger partial charge < -0.3 is 10.6 Å². The highest BCUT2D eigenvalue weighted by molar-refractivity contribution is 5.72. The number of benzene rings is 1. The Hall–Kier alpha value is -1.87. The Morgan fingerprint density at radius 1 is 1.25 bits per heavy atom. The Kier molecular flexibility index (Phi) is 3.17. The maximum absolute atomic E-state index is 8.40. The van der Waals surface area contributed by atoms with Crippen LogP contribution in [-0.2, 0) is 0 Å². The molecule has 1 aromatic carbocycles. The van der Waals surface area contributed by atoms with Gasteiger partial charge in [-0.3, -0.25) is 0 Å². The van der Waals surface area contributed by atoms with Crippen molar-refractivity contribution < 1.29 is 0 Å². The molecule has 0 spiro atoms. The zero-order valence-electron chi connectivity index (χ0n) is 9.13. The first-order chi connectivity index (χ1) is 7.81. The predicted octanol–water partition coefficient (Wildman–Crippen LogP) is 3.20. The number of nitrogens with zero attached hydrogens (tertiary/aromatic N) is 4. The summed E-state index contributed by atoms with van der Waals surface area (Å²) in [6, 6.07) is 5.40. The van der Waals surface area contributed by atoms with E-state index in [1.54, 1.807) is 12.1 Å². The first-order valence-electron chi connectivity index (χ1n) is 5.51. The fourth-order valence-corrected chi connectivity index (χ4v) is 2.05. The summed E-state index contributed by atoms with van der Waals surface area (Å²) in [7, 11) is 0. The highest BCUT2D eigenvalue weighted by Gasteiger charge is 2.13. The van der Waals surface area contributed by atoms with Gasteiger partial charge in [0, 0.05) is 23.7 Å². The third-order valence-corrected chi connectivity index (χ3v) is 2.87. The van der Waals surface area contributed by atoms with Gasteiger partial charge in [-0.1, -0.05) is 11.2 Å². The van der Waals surface area contributed by atoms with Crippen LogP contribution < -0.4 is 10.6 Å². The van der Waals surface area contributed by atoms with Gasteiger partial charge in [0.15, 0.2) is 0 Å². The second kappa shape index (κ2) is 4.77. The highest BCUT2D eigenvalue weighted by atomic mass is 15.2. The summed E-state index contributed by atoms with van der Waals surface area (Å²) >= 11 is 0. The summed E-state index contributed by atoms with van der Waals surface area (Å²) in [5.41, 5.74) is 16.7. The minimum atomic E-state index is 0.622. The maximum atomic E-state index is 8.40. The lowest BCUT2D eigenvalue weighted by molar-refractivity contribution is 0.578. The Morgan fingerprint density at radius 3 is 2.69 bits per heavy atom. The van der Waals surface area contributed by atoms with Crippen molar-refractivity contribution in [2.75, 3.05) is 23.7 Å². The number of nitrogens with two attached hydrogens (primary N) is 1. The van der Waals surface area contributed by atoms with Gasteiger partial charge in [-0.05, 0) is 36.9 Å². The molecule has 0 saturated carbocycles. The van der Waals surface area contributed by atoms with Crippen LogP contribution in [0, 0.1) is 0 Å². The van der Waals surface area contributed by atoms with E-state index in [1.807, 2.05) is 6.07 Å². The van der Waals surface area contributed by atoms with Crippen molar-refractivity contribution in [3.8, 4) is 0 Å². The van der Waals surface area contributed by atoms with Gasteiger partial charge >= 0.3 is 0 Å². The molecule has 5 heteroatoms. The molecule has 1 aromatic rings. The Bertz CT molecular complexity index is 416. The lowest BCUT2D eigenvalue weighted by Crippen LogP contribution is -2.29. The van der Waals surface area contributed by atoms with Crippen molar-refractivity contribution in [3.05, 3.63) is 28.6 Å². The van der Waals surface area contributed by atoms with Crippen molar-refractivity contribution in [2.24, 2.45) is 5.11 Å². The van der Waals surface area contributed by atoms with E-state index < -0.39 is 0 Å². The third kappa shape index (κ3) is 2.20. The van der Waals surface area contributed by atoms with Crippen LogP contribution in [0.5, 0.6) is 0 Å². The van der Waals surface area contributed by atoms with Gasteiger partial charge in [-0.15, -0.1) is 0 Å². The molecule has 0 aromatic heterocycles. The molecule has 2 N–H and O–H groups in total. The van der Waals surface area contributed by atoms with Gasteiger partial charge in [0.05, 0.1) is 11.4 Å². The highest BCUT2D eigenvalue weighted by Crippen LogP contribution is 2.30. The van der Waals surface area contributed by atoms with E-state index in [0.717, 1.165) is 24.5 Å². The molecule has 0 atom stereocenters. The van der Waals surface area contributed by atoms with Crippen LogP contribution in [0.3, 0.4) is 0 Å². The van der Waals surface area contributed by atoms with Crippen LogP contribution in [0.4, 0.5) is 17.1 Å². The minimum Gasteiger partial charge on any atom is -0.397 e. The first kappa shape index (κ1) is 10.6.